The quantitative estimate of drug-likeness (QED) is 0.328. The molecule has 0 unspecified atom stereocenters. The minimum atomic E-state index is 0. The summed E-state index contributed by atoms with van der Waals surface area (Å²) in [5, 5.41) is 0. The average Bonchev–Trinajstić information content (AvgIpc) is 1.90. The van der Waals surface area contributed by atoms with Crippen LogP contribution in [0.5, 0.6) is 0 Å². The minimum Gasteiger partial charge on any atom is -1.00 e. The number of hydrazine groups is 1. The predicted octanol–water partition coefficient (Wildman–Crippen LogP) is -2.21. The number of halogens is 1. The molecule has 0 aromatic carbocycles. The second-order valence-electron chi connectivity index (χ2n) is 2.50. The smallest absolute Gasteiger partial charge is 0.0210 e. The first-order valence-electron chi connectivity index (χ1n) is 3.39. The van der Waals surface area contributed by atoms with Crippen molar-refractivity contribution in [3.63, 3.8) is 0 Å². The highest BCUT2D eigenvalue weighted by atomic mass is 35.5. The first-order valence-corrected chi connectivity index (χ1v) is 3.39. The Bertz CT molecular complexity index is 62.1. The zero-order valence-corrected chi connectivity index (χ0v) is 6.32. The van der Waals surface area contributed by atoms with E-state index in [-0.39, 0.29) is 12.4 Å². The van der Waals surface area contributed by atoms with E-state index in [0.717, 1.165) is 0 Å². The van der Waals surface area contributed by atoms with Crippen molar-refractivity contribution in [1.29, 1.82) is 0 Å². The van der Waals surface area contributed by atoms with E-state index in [1.807, 2.05) is 0 Å². The van der Waals surface area contributed by atoms with E-state index in [9.17, 15) is 0 Å². The third-order valence-electron chi connectivity index (χ3n) is 1.84. The van der Waals surface area contributed by atoms with Gasteiger partial charge in [-0.3, -0.25) is 11.3 Å². The van der Waals surface area contributed by atoms with Crippen LogP contribution < -0.4 is 23.7 Å². The van der Waals surface area contributed by atoms with Crippen LogP contribution in [0.25, 0.3) is 0 Å². The second kappa shape index (κ2) is 5.03. The Morgan fingerprint density at radius 3 is 2.00 bits per heavy atom. The molecule has 0 heterocycles. The van der Waals surface area contributed by atoms with E-state index >= 15 is 0 Å². The maximum Gasteiger partial charge on any atom is 0.0210 e. The van der Waals surface area contributed by atoms with E-state index in [4.69, 9.17) is 5.84 Å². The number of hydrogen-bond donors (Lipinski definition) is 2. The van der Waals surface area contributed by atoms with Gasteiger partial charge in [0.25, 0.3) is 0 Å². The van der Waals surface area contributed by atoms with Crippen molar-refractivity contribution in [3.8, 4) is 0 Å². The van der Waals surface area contributed by atoms with Crippen molar-refractivity contribution < 1.29 is 12.4 Å². The Labute approximate surface area is 62.6 Å². The Hall–Kier alpha value is 0.210. The molecule has 56 valence electrons. The van der Waals surface area contributed by atoms with E-state index in [2.05, 4.69) is 5.43 Å². The highest BCUT2D eigenvalue weighted by molar-refractivity contribution is 4.68. The fourth-order valence-electron chi connectivity index (χ4n) is 1.27. The van der Waals surface area contributed by atoms with Gasteiger partial charge in [0.1, 0.15) is 0 Å². The van der Waals surface area contributed by atoms with Gasteiger partial charge in [-0.15, -0.1) is 0 Å². The fourth-order valence-corrected chi connectivity index (χ4v) is 1.27. The molecule has 0 aromatic rings. The molecule has 0 aromatic heterocycles. The minimum absolute atomic E-state index is 0. The Balaban J connectivity index is 0.000000640. The van der Waals surface area contributed by atoms with Crippen LogP contribution in [0, 0.1) is 0 Å². The van der Waals surface area contributed by atoms with Crippen LogP contribution in [0.2, 0.25) is 0 Å². The van der Waals surface area contributed by atoms with Gasteiger partial charge in [0.15, 0.2) is 0 Å². The lowest BCUT2D eigenvalue weighted by Crippen LogP contribution is -3.00. The van der Waals surface area contributed by atoms with Crippen LogP contribution >= 0.6 is 0 Å². The molecule has 3 heteroatoms. The van der Waals surface area contributed by atoms with Crippen LogP contribution in [0.1, 0.15) is 32.1 Å². The topological polar surface area (TPSA) is 38.0 Å². The van der Waals surface area contributed by atoms with Crippen LogP contribution in [-0.4, -0.2) is 6.04 Å². The maximum atomic E-state index is 5.25. The van der Waals surface area contributed by atoms with Crippen molar-refractivity contribution in [2.75, 3.05) is 0 Å². The molecular formula is C6H14ClN2-. The molecule has 9 heavy (non-hydrogen) atoms. The Morgan fingerprint density at radius 2 is 1.67 bits per heavy atom. The Morgan fingerprint density at radius 1 is 1.11 bits per heavy atom. The molecule has 0 spiro atoms. The summed E-state index contributed by atoms with van der Waals surface area (Å²) in [4.78, 5) is 0. The van der Waals surface area contributed by atoms with Gasteiger partial charge < -0.3 is 12.4 Å². The fraction of sp³-hybridized carbons (Fsp3) is 1.00. The van der Waals surface area contributed by atoms with Crippen LogP contribution in [-0.2, 0) is 0 Å². The molecule has 1 aliphatic carbocycles. The summed E-state index contributed by atoms with van der Waals surface area (Å²) in [7, 11) is 0. The predicted molar refractivity (Wildman–Crippen MR) is 34.2 cm³/mol. The zero-order valence-electron chi connectivity index (χ0n) is 5.57. The molecule has 3 N–H and O–H groups in total. The van der Waals surface area contributed by atoms with Gasteiger partial charge in [-0.1, -0.05) is 19.3 Å². The summed E-state index contributed by atoms with van der Waals surface area (Å²) in [5.41, 5.74) is 2.80. The van der Waals surface area contributed by atoms with Gasteiger partial charge in [0, 0.05) is 6.04 Å². The maximum absolute atomic E-state index is 5.25. The molecule has 0 amide bonds. The van der Waals surface area contributed by atoms with Gasteiger partial charge >= 0.3 is 0 Å². The van der Waals surface area contributed by atoms with E-state index in [0.29, 0.717) is 6.04 Å². The first-order chi connectivity index (χ1) is 3.93. The van der Waals surface area contributed by atoms with Gasteiger partial charge in [-0.2, -0.15) is 0 Å². The SMILES string of the molecule is NNC1CCCCC1.[Cl-]. The summed E-state index contributed by atoms with van der Waals surface area (Å²) in [6.07, 6.45) is 6.66. The third kappa shape index (κ3) is 3.04. The van der Waals surface area contributed by atoms with Crippen molar-refractivity contribution in [3.05, 3.63) is 0 Å². The van der Waals surface area contributed by atoms with E-state index in [1.165, 1.54) is 32.1 Å². The largest absolute Gasteiger partial charge is 1.00 e. The standard InChI is InChI=1S/C6H14N2.ClH/c7-8-6-4-2-1-3-5-6;/h6,8H,1-5,7H2;1H/p-1. The van der Waals surface area contributed by atoms with Crippen LogP contribution in [0.4, 0.5) is 0 Å². The normalized spacial score (nSPS) is 21.0. The Kier molecular flexibility index (Phi) is 5.15. The number of nitrogens with two attached hydrogens (primary N) is 1. The van der Waals surface area contributed by atoms with Crippen molar-refractivity contribution >= 4 is 0 Å². The highest BCUT2D eigenvalue weighted by Crippen LogP contribution is 2.16. The highest BCUT2D eigenvalue weighted by Gasteiger charge is 2.09. The third-order valence-corrected chi connectivity index (χ3v) is 1.84. The lowest BCUT2D eigenvalue weighted by Gasteiger charge is -2.19. The molecule has 0 radical (unpaired) electrons. The molecule has 0 saturated heterocycles. The monoisotopic (exact) mass is 149 g/mol. The van der Waals surface area contributed by atoms with E-state index in [1.54, 1.807) is 0 Å². The van der Waals surface area contributed by atoms with Crippen molar-refractivity contribution in [1.82, 2.24) is 5.43 Å². The van der Waals surface area contributed by atoms with Gasteiger partial charge in [0.2, 0.25) is 0 Å². The molecule has 1 saturated carbocycles. The number of hydrogen-bond acceptors (Lipinski definition) is 2. The average molecular weight is 150 g/mol. The molecule has 1 fully saturated rings. The number of nitrogens with one attached hydrogen (secondary N) is 1. The molecule has 1 rings (SSSR count). The molecule has 0 aliphatic heterocycles. The summed E-state index contributed by atoms with van der Waals surface area (Å²) < 4.78 is 0. The van der Waals surface area contributed by atoms with Crippen LogP contribution in [0.15, 0.2) is 0 Å². The summed E-state index contributed by atoms with van der Waals surface area (Å²) in [6.45, 7) is 0. The molecule has 2 nitrogen and oxygen atoms in total. The lowest BCUT2D eigenvalue weighted by molar-refractivity contribution is -0.00000188. The summed E-state index contributed by atoms with van der Waals surface area (Å²) >= 11 is 0. The van der Waals surface area contributed by atoms with Crippen molar-refractivity contribution in [2.45, 2.75) is 38.1 Å². The van der Waals surface area contributed by atoms with Gasteiger partial charge in [0.05, 0.1) is 0 Å². The summed E-state index contributed by atoms with van der Waals surface area (Å²) in [6, 6.07) is 0.615. The second-order valence-corrected chi connectivity index (χ2v) is 2.50. The van der Waals surface area contributed by atoms with E-state index < -0.39 is 0 Å². The summed E-state index contributed by atoms with van der Waals surface area (Å²) in [5.74, 6) is 5.25. The number of rotatable bonds is 1. The molecule has 1 aliphatic rings. The van der Waals surface area contributed by atoms with Gasteiger partial charge in [-0.05, 0) is 12.8 Å². The lowest BCUT2D eigenvalue weighted by atomic mass is 9.96. The molecule has 0 bridgehead atoms. The molecule has 0 atom stereocenters. The van der Waals surface area contributed by atoms with Crippen LogP contribution in [0.3, 0.4) is 0 Å². The van der Waals surface area contributed by atoms with Crippen molar-refractivity contribution in [2.24, 2.45) is 5.84 Å². The van der Waals surface area contributed by atoms with Gasteiger partial charge in [-0.25, -0.2) is 0 Å². The zero-order chi connectivity index (χ0) is 5.82. The molecular weight excluding hydrogens is 136 g/mol. The first kappa shape index (κ1) is 9.21.